The largest absolute Gasteiger partial charge is 0.507 e. The number of aromatic nitrogens is 2. The van der Waals surface area contributed by atoms with Crippen molar-refractivity contribution >= 4 is 38.6 Å². The normalized spacial score (nSPS) is 16.1. The van der Waals surface area contributed by atoms with Gasteiger partial charge in [0.05, 0.1) is 22.4 Å². The predicted octanol–water partition coefficient (Wildman–Crippen LogP) is 5.08. The average Bonchev–Trinajstić information content (AvgIpc) is 3.23. The summed E-state index contributed by atoms with van der Waals surface area (Å²) in [7, 11) is 0. The van der Waals surface area contributed by atoms with E-state index < -0.39 is 4.92 Å². The molecule has 0 amide bonds. The number of thiophene rings is 1. The summed E-state index contributed by atoms with van der Waals surface area (Å²) in [5.74, 6) is 0.265. The lowest BCUT2D eigenvalue weighted by molar-refractivity contribution is -0.384. The number of rotatable bonds is 2. The molecule has 0 spiro atoms. The summed E-state index contributed by atoms with van der Waals surface area (Å²) in [4.78, 5) is 30.6. The van der Waals surface area contributed by atoms with Crippen LogP contribution in [0.15, 0.2) is 53.3 Å². The Labute approximate surface area is 192 Å². The Bertz CT molecular complexity index is 1560. The summed E-state index contributed by atoms with van der Waals surface area (Å²) >= 11 is 1.65. The molecule has 4 aromatic rings. The van der Waals surface area contributed by atoms with Gasteiger partial charge in [-0.15, -0.1) is 11.3 Å². The first kappa shape index (κ1) is 19.9. The van der Waals surface area contributed by atoms with Gasteiger partial charge in [0.1, 0.15) is 16.4 Å². The number of nitro benzene ring substituents is 1. The fourth-order valence-corrected chi connectivity index (χ4v) is 6.33. The molecule has 2 aliphatic rings. The molecule has 0 saturated heterocycles. The van der Waals surface area contributed by atoms with Crippen molar-refractivity contribution in [3.05, 3.63) is 102 Å². The number of nitro groups is 1. The number of hydrogen-bond donors (Lipinski definition) is 1. The second-order valence-electron chi connectivity index (χ2n) is 8.41. The van der Waals surface area contributed by atoms with Crippen LogP contribution in [0.4, 0.5) is 5.69 Å². The molecule has 1 aliphatic carbocycles. The van der Waals surface area contributed by atoms with Crippen molar-refractivity contribution in [1.82, 2.24) is 9.55 Å². The van der Waals surface area contributed by atoms with Crippen molar-refractivity contribution in [2.45, 2.75) is 32.2 Å². The van der Waals surface area contributed by atoms with E-state index in [2.05, 4.69) is 4.98 Å². The topological polar surface area (TPSA) is 98.3 Å². The Morgan fingerprint density at radius 2 is 1.94 bits per heavy atom. The first-order chi connectivity index (χ1) is 16.0. The molecule has 0 saturated carbocycles. The third kappa shape index (κ3) is 3.01. The molecular weight excluding hydrogens is 438 g/mol. The molecule has 6 rings (SSSR count). The van der Waals surface area contributed by atoms with Crippen LogP contribution >= 0.6 is 11.3 Å². The highest BCUT2D eigenvalue weighted by Gasteiger charge is 2.30. The molecule has 1 aliphatic heterocycles. The quantitative estimate of drug-likeness (QED) is 0.226. The molecule has 3 heterocycles. The number of aryl methyl sites for hydroxylation is 2. The number of non-ortho nitro benzene ring substituents is 1. The highest BCUT2D eigenvalue weighted by atomic mass is 32.1. The fourth-order valence-electron chi connectivity index (χ4n) is 4.95. The minimum absolute atomic E-state index is 0.115. The molecule has 33 heavy (non-hydrogen) atoms. The average molecular weight is 458 g/mol. The van der Waals surface area contributed by atoms with Gasteiger partial charge in [0.25, 0.3) is 11.2 Å². The van der Waals surface area contributed by atoms with Crippen molar-refractivity contribution in [1.29, 1.82) is 0 Å². The molecule has 0 atom stereocenters. The van der Waals surface area contributed by atoms with E-state index in [0.29, 0.717) is 28.9 Å². The second-order valence-corrected chi connectivity index (χ2v) is 9.49. The van der Waals surface area contributed by atoms with Crippen LogP contribution in [-0.2, 0) is 19.4 Å². The Balaban J connectivity index is 1.68. The number of benzene rings is 2. The molecule has 8 heteroatoms. The van der Waals surface area contributed by atoms with Crippen LogP contribution in [0, 0.1) is 10.1 Å². The summed E-state index contributed by atoms with van der Waals surface area (Å²) in [6.07, 6.45) is 4.06. The van der Waals surface area contributed by atoms with Gasteiger partial charge in [-0.2, -0.15) is 4.98 Å². The molecule has 0 fully saturated rings. The first-order valence-corrected chi connectivity index (χ1v) is 11.7. The number of fused-ring (bicyclic) bond motifs is 6. The maximum Gasteiger partial charge on any atom is 0.282 e. The molecule has 7 nitrogen and oxygen atoms in total. The Kier molecular flexibility index (Phi) is 4.45. The molecule has 2 aromatic heterocycles. The van der Waals surface area contributed by atoms with E-state index in [-0.39, 0.29) is 17.0 Å². The third-order valence-corrected chi connectivity index (χ3v) is 7.80. The minimum atomic E-state index is -0.493. The molecule has 0 radical (unpaired) electrons. The lowest BCUT2D eigenvalue weighted by Crippen LogP contribution is -2.23. The molecule has 2 aromatic carbocycles. The lowest BCUT2D eigenvalue weighted by Gasteiger charge is -2.25. The number of nitrogens with zero attached hydrogens (tertiary/aromatic N) is 3. The van der Waals surface area contributed by atoms with E-state index in [1.807, 2.05) is 28.8 Å². The van der Waals surface area contributed by atoms with Gasteiger partial charge in [0, 0.05) is 22.6 Å². The van der Waals surface area contributed by atoms with Crippen molar-refractivity contribution in [2.24, 2.45) is 0 Å². The highest BCUT2D eigenvalue weighted by molar-refractivity contribution is 7.18. The Hall–Kier alpha value is -3.78. The van der Waals surface area contributed by atoms with Gasteiger partial charge in [-0.3, -0.25) is 14.9 Å². The van der Waals surface area contributed by atoms with Crippen LogP contribution in [0.1, 0.15) is 45.8 Å². The monoisotopic (exact) mass is 457 g/mol. The SMILES string of the molecule is O=c1nc2n(c3sc4c(c13)CCCC4)Cc1ccccc1C2=C(O)c1cccc([N+](=O)[O-])c1. The van der Waals surface area contributed by atoms with Crippen LogP contribution in [0.3, 0.4) is 0 Å². The molecule has 164 valence electrons. The van der Waals surface area contributed by atoms with E-state index in [1.165, 1.54) is 23.1 Å². The second kappa shape index (κ2) is 7.38. The summed E-state index contributed by atoms with van der Waals surface area (Å²) in [5, 5.41) is 23.4. The van der Waals surface area contributed by atoms with Crippen LogP contribution in [-0.4, -0.2) is 19.6 Å². The maximum atomic E-state index is 13.2. The predicted molar refractivity (Wildman–Crippen MR) is 128 cm³/mol. The molecule has 1 N–H and O–H groups in total. The Morgan fingerprint density at radius 1 is 1.12 bits per heavy atom. The highest BCUT2D eigenvalue weighted by Crippen LogP contribution is 2.41. The van der Waals surface area contributed by atoms with Crippen LogP contribution in [0.2, 0.25) is 0 Å². The van der Waals surface area contributed by atoms with Gasteiger partial charge in [-0.25, -0.2) is 0 Å². The van der Waals surface area contributed by atoms with E-state index in [0.717, 1.165) is 47.2 Å². The molecule has 0 bridgehead atoms. The van der Waals surface area contributed by atoms with Gasteiger partial charge in [-0.1, -0.05) is 36.4 Å². The zero-order chi connectivity index (χ0) is 22.7. The van der Waals surface area contributed by atoms with Gasteiger partial charge >= 0.3 is 0 Å². The van der Waals surface area contributed by atoms with Crippen molar-refractivity contribution in [2.75, 3.05) is 0 Å². The van der Waals surface area contributed by atoms with Crippen LogP contribution < -0.4 is 5.56 Å². The minimum Gasteiger partial charge on any atom is -0.507 e. The van der Waals surface area contributed by atoms with Gasteiger partial charge < -0.3 is 9.67 Å². The van der Waals surface area contributed by atoms with E-state index in [9.17, 15) is 20.0 Å². The van der Waals surface area contributed by atoms with E-state index >= 15 is 0 Å². The number of aliphatic hydroxyl groups is 1. The van der Waals surface area contributed by atoms with Crippen molar-refractivity contribution in [3.63, 3.8) is 0 Å². The summed E-state index contributed by atoms with van der Waals surface area (Å²) in [6.45, 7) is 0.542. The van der Waals surface area contributed by atoms with Gasteiger partial charge in [0.2, 0.25) is 0 Å². The third-order valence-electron chi connectivity index (χ3n) is 6.48. The van der Waals surface area contributed by atoms with Gasteiger partial charge in [0.15, 0.2) is 0 Å². The standard InChI is InChI=1S/C25H19N3O4S/c29-22(14-7-5-8-16(12-14)28(31)32)20-17-9-2-1-6-15(17)13-27-23(20)26-24(30)21-18-10-3-4-11-19(18)33-25(21)27/h1-2,5-9,12,29H,3-4,10-11,13H2. The zero-order valence-corrected chi connectivity index (χ0v) is 18.4. The van der Waals surface area contributed by atoms with Gasteiger partial charge in [-0.05, 0) is 42.4 Å². The summed E-state index contributed by atoms with van der Waals surface area (Å²) in [5.41, 5.74) is 3.23. The van der Waals surface area contributed by atoms with E-state index in [4.69, 9.17) is 0 Å². The fraction of sp³-hybridized carbons (Fsp3) is 0.200. The number of aliphatic hydroxyl groups excluding tert-OH is 1. The van der Waals surface area contributed by atoms with Crippen LogP contribution in [0.25, 0.3) is 21.5 Å². The lowest BCUT2D eigenvalue weighted by atomic mass is 9.92. The summed E-state index contributed by atoms with van der Waals surface area (Å²) in [6, 6.07) is 13.6. The van der Waals surface area contributed by atoms with E-state index in [1.54, 1.807) is 17.4 Å². The first-order valence-electron chi connectivity index (χ1n) is 10.8. The van der Waals surface area contributed by atoms with Crippen LogP contribution in [0.5, 0.6) is 0 Å². The maximum absolute atomic E-state index is 13.2. The smallest absolute Gasteiger partial charge is 0.282 e. The van der Waals surface area contributed by atoms with Crippen molar-refractivity contribution in [3.8, 4) is 0 Å². The Morgan fingerprint density at radius 3 is 2.79 bits per heavy atom. The zero-order valence-electron chi connectivity index (χ0n) is 17.6. The van der Waals surface area contributed by atoms with Crippen molar-refractivity contribution < 1.29 is 10.0 Å². The molecular formula is C25H19N3O4S. The molecule has 0 unspecified atom stereocenters. The summed E-state index contributed by atoms with van der Waals surface area (Å²) < 4.78 is 2.02. The number of hydrogen-bond acceptors (Lipinski definition) is 6.